The van der Waals surface area contributed by atoms with Gasteiger partial charge in [-0.15, -0.1) is 0 Å². The van der Waals surface area contributed by atoms with Gasteiger partial charge in [-0.05, 0) is 51.0 Å². The Labute approximate surface area is 114 Å². The number of rotatable bonds is 3. The molecular formula is C14H23N5. The molecule has 0 aromatic carbocycles. The Hall–Kier alpha value is -1.17. The average molecular weight is 261 g/mol. The molecule has 0 amide bonds. The molecule has 1 atom stereocenters. The molecule has 5 nitrogen and oxygen atoms in total. The van der Waals surface area contributed by atoms with Crippen molar-refractivity contribution in [2.75, 3.05) is 31.6 Å². The monoisotopic (exact) mass is 261 g/mol. The van der Waals surface area contributed by atoms with Crippen LogP contribution >= 0.6 is 0 Å². The van der Waals surface area contributed by atoms with Crippen molar-refractivity contribution in [1.82, 2.24) is 14.8 Å². The molecule has 0 spiro atoms. The number of hydrogen-bond donors (Lipinski definition) is 2. The summed E-state index contributed by atoms with van der Waals surface area (Å²) in [5.41, 5.74) is 4.72. The minimum atomic E-state index is 0.762. The van der Waals surface area contributed by atoms with Gasteiger partial charge in [-0.2, -0.15) is 0 Å². The number of anilines is 1. The van der Waals surface area contributed by atoms with Gasteiger partial charge in [-0.25, -0.2) is 0 Å². The standard InChI is InChI=1S/C14H23N5/c15-17-12-4-5-16-13(9-12)10-18-6-2-8-19-7-1-3-14(19)11-18/h4-5,9,14H,1-3,6-8,10-11,15H2,(H,16,17). The van der Waals surface area contributed by atoms with E-state index in [0.717, 1.165) is 24.0 Å². The van der Waals surface area contributed by atoms with Crippen molar-refractivity contribution in [3.63, 3.8) is 0 Å². The quantitative estimate of drug-likeness (QED) is 0.629. The Morgan fingerprint density at radius 3 is 3.11 bits per heavy atom. The summed E-state index contributed by atoms with van der Waals surface area (Å²) >= 11 is 0. The molecular weight excluding hydrogens is 238 g/mol. The summed E-state index contributed by atoms with van der Waals surface area (Å²) in [4.78, 5) is 9.65. The van der Waals surface area contributed by atoms with Gasteiger partial charge in [-0.1, -0.05) is 0 Å². The summed E-state index contributed by atoms with van der Waals surface area (Å²) in [6.07, 6.45) is 5.81. The van der Waals surface area contributed by atoms with E-state index >= 15 is 0 Å². The van der Waals surface area contributed by atoms with Crippen LogP contribution in [0.3, 0.4) is 0 Å². The molecule has 2 fully saturated rings. The van der Waals surface area contributed by atoms with Crippen molar-refractivity contribution >= 4 is 5.69 Å². The third kappa shape index (κ3) is 3.05. The lowest BCUT2D eigenvalue weighted by Gasteiger charge is -2.25. The third-order valence-corrected chi connectivity index (χ3v) is 4.26. The number of nitrogens with one attached hydrogen (secondary N) is 1. The molecule has 2 aliphatic heterocycles. The van der Waals surface area contributed by atoms with Gasteiger partial charge in [0.1, 0.15) is 0 Å². The first-order valence-corrected chi connectivity index (χ1v) is 7.23. The van der Waals surface area contributed by atoms with E-state index in [0.29, 0.717) is 0 Å². The molecule has 104 valence electrons. The van der Waals surface area contributed by atoms with Crippen molar-refractivity contribution in [3.8, 4) is 0 Å². The number of nitrogen functional groups attached to an aromatic ring is 1. The van der Waals surface area contributed by atoms with Crippen LogP contribution in [0.25, 0.3) is 0 Å². The normalized spacial score (nSPS) is 25.0. The lowest BCUT2D eigenvalue weighted by Crippen LogP contribution is -2.36. The fourth-order valence-electron chi connectivity index (χ4n) is 3.31. The Balaban J connectivity index is 1.65. The molecule has 19 heavy (non-hydrogen) atoms. The van der Waals surface area contributed by atoms with E-state index < -0.39 is 0 Å². The molecule has 0 bridgehead atoms. The summed E-state index contributed by atoms with van der Waals surface area (Å²) < 4.78 is 0. The number of nitrogens with zero attached hydrogens (tertiary/aromatic N) is 3. The summed E-state index contributed by atoms with van der Waals surface area (Å²) in [7, 11) is 0. The highest BCUT2D eigenvalue weighted by Gasteiger charge is 2.28. The fraction of sp³-hybridized carbons (Fsp3) is 0.643. The van der Waals surface area contributed by atoms with Crippen molar-refractivity contribution in [3.05, 3.63) is 24.0 Å². The van der Waals surface area contributed by atoms with E-state index in [-0.39, 0.29) is 0 Å². The van der Waals surface area contributed by atoms with E-state index in [1.807, 2.05) is 18.3 Å². The van der Waals surface area contributed by atoms with Gasteiger partial charge in [-0.3, -0.25) is 20.6 Å². The number of aromatic nitrogens is 1. The molecule has 5 heteroatoms. The van der Waals surface area contributed by atoms with Gasteiger partial charge in [0.2, 0.25) is 0 Å². The summed E-state index contributed by atoms with van der Waals surface area (Å²) in [6.45, 7) is 5.85. The van der Waals surface area contributed by atoms with Crippen LogP contribution in [-0.2, 0) is 6.54 Å². The van der Waals surface area contributed by atoms with Crippen LogP contribution in [-0.4, -0.2) is 47.0 Å². The topological polar surface area (TPSA) is 57.4 Å². The van der Waals surface area contributed by atoms with Crippen molar-refractivity contribution < 1.29 is 0 Å². The van der Waals surface area contributed by atoms with Gasteiger partial charge < -0.3 is 5.43 Å². The minimum Gasteiger partial charge on any atom is -0.324 e. The SMILES string of the molecule is NNc1ccnc(CN2CCCN3CCCC3C2)c1. The van der Waals surface area contributed by atoms with Gasteiger partial charge in [0.15, 0.2) is 0 Å². The number of hydrazine groups is 1. The molecule has 0 saturated carbocycles. The highest BCUT2D eigenvalue weighted by Crippen LogP contribution is 2.22. The second-order valence-electron chi connectivity index (χ2n) is 5.60. The first-order chi connectivity index (χ1) is 9.35. The van der Waals surface area contributed by atoms with Crippen LogP contribution < -0.4 is 11.3 Å². The summed E-state index contributed by atoms with van der Waals surface area (Å²) in [5.74, 6) is 5.45. The smallest absolute Gasteiger partial charge is 0.0564 e. The maximum atomic E-state index is 5.45. The van der Waals surface area contributed by atoms with Crippen molar-refractivity contribution in [2.45, 2.75) is 31.8 Å². The summed E-state index contributed by atoms with van der Waals surface area (Å²) in [6, 6.07) is 4.69. The van der Waals surface area contributed by atoms with E-state index in [9.17, 15) is 0 Å². The first-order valence-electron chi connectivity index (χ1n) is 7.23. The third-order valence-electron chi connectivity index (χ3n) is 4.26. The molecule has 2 saturated heterocycles. The minimum absolute atomic E-state index is 0.762. The van der Waals surface area contributed by atoms with Gasteiger partial charge in [0, 0.05) is 25.3 Å². The number of nitrogens with two attached hydrogens (primary N) is 1. The molecule has 1 unspecified atom stereocenters. The van der Waals surface area contributed by atoms with Crippen LogP contribution in [0.1, 0.15) is 25.0 Å². The highest BCUT2D eigenvalue weighted by atomic mass is 15.3. The van der Waals surface area contributed by atoms with Gasteiger partial charge in [0.05, 0.1) is 11.4 Å². The molecule has 3 rings (SSSR count). The Kier molecular flexibility index (Phi) is 3.96. The van der Waals surface area contributed by atoms with E-state index in [1.54, 1.807) is 0 Å². The highest BCUT2D eigenvalue weighted by molar-refractivity contribution is 5.41. The molecule has 3 N–H and O–H groups in total. The first kappa shape index (κ1) is 12.8. The lowest BCUT2D eigenvalue weighted by molar-refractivity contribution is 0.214. The molecule has 3 heterocycles. The fourth-order valence-corrected chi connectivity index (χ4v) is 3.31. The Morgan fingerprint density at radius 2 is 2.21 bits per heavy atom. The van der Waals surface area contributed by atoms with Crippen LogP contribution in [0, 0.1) is 0 Å². The average Bonchev–Trinajstić information content (AvgIpc) is 2.78. The van der Waals surface area contributed by atoms with Crippen LogP contribution in [0.2, 0.25) is 0 Å². The van der Waals surface area contributed by atoms with E-state index in [1.165, 1.54) is 45.4 Å². The predicted molar refractivity (Wildman–Crippen MR) is 76.5 cm³/mol. The lowest BCUT2D eigenvalue weighted by atomic mass is 10.2. The summed E-state index contributed by atoms with van der Waals surface area (Å²) in [5, 5.41) is 0. The zero-order chi connectivity index (χ0) is 13.1. The number of pyridine rings is 1. The second-order valence-corrected chi connectivity index (χ2v) is 5.60. The number of fused-ring (bicyclic) bond motifs is 1. The predicted octanol–water partition coefficient (Wildman–Crippen LogP) is 1.04. The van der Waals surface area contributed by atoms with Gasteiger partial charge >= 0.3 is 0 Å². The zero-order valence-electron chi connectivity index (χ0n) is 11.4. The van der Waals surface area contributed by atoms with Crippen molar-refractivity contribution in [1.29, 1.82) is 0 Å². The largest absolute Gasteiger partial charge is 0.324 e. The van der Waals surface area contributed by atoms with E-state index in [4.69, 9.17) is 5.84 Å². The Bertz CT molecular complexity index is 422. The Morgan fingerprint density at radius 1 is 1.32 bits per heavy atom. The molecule has 0 aliphatic carbocycles. The molecule has 1 aromatic heterocycles. The maximum absolute atomic E-state index is 5.45. The molecule has 2 aliphatic rings. The van der Waals surface area contributed by atoms with Crippen molar-refractivity contribution in [2.24, 2.45) is 5.84 Å². The zero-order valence-corrected chi connectivity index (χ0v) is 11.4. The van der Waals surface area contributed by atoms with Gasteiger partial charge in [0.25, 0.3) is 0 Å². The second kappa shape index (κ2) is 5.86. The van der Waals surface area contributed by atoms with E-state index in [2.05, 4.69) is 20.2 Å². The van der Waals surface area contributed by atoms with Crippen LogP contribution in [0.4, 0.5) is 5.69 Å². The number of hydrogen-bond acceptors (Lipinski definition) is 5. The molecule has 1 aromatic rings. The van der Waals surface area contributed by atoms with Crippen LogP contribution in [0.5, 0.6) is 0 Å². The molecule has 0 radical (unpaired) electrons. The van der Waals surface area contributed by atoms with Crippen LogP contribution in [0.15, 0.2) is 18.3 Å². The maximum Gasteiger partial charge on any atom is 0.0564 e.